The van der Waals surface area contributed by atoms with Crippen LogP contribution in [-0.4, -0.2) is 17.7 Å². The summed E-state index contributed by atoms with van der Waals surface area (Å²) in [6.45, 7) is -2.99. The number of carboxylic acid groups (broad SMARTS) is 1. The Morgan fingerprint density at radius 3 is 2.59 bits per heavy atom. The molecule has 0 heterocycles. The molecular weight excluding hydrogens is 254 g/mol. The van der Waals surface area contributed by atoms with Crippen LogP contribution in [0.1, 0.15) is 18.4 Å². The van der Waals surface area contributed by atoms with Gasteiger partial charge in [0.1, 0.15) is 5.75 Å². The molecule has 0 amide bonds. The van der Waals surface area contributed by atoms with E-state index < -0.39 is 18.0 Å². The summed E-state index contributed by atoms with van der Waals surface area (Å²) in [5.74, 6) is -1.16. The van der Waals surface area contributed by atoms with Gasteiger partial charge in [0.25, 0.3) is 0 Å². The summed E-state index contributed by atoms with van der Waals surface area (Å²) in [4.78, 5) is 11.1. The first-order valence-corrected chi connectivity index (χ1v) is 5.32. The Bertz CT molecular complexity index is 458. The van der Waals surface area contributed by atoms with Crippen molar-refractivity contribution in [1.29, 1.82) is 0 Å². The first-order valence-electron chi connectivity index (χ1n) is 4.94. The Morgan fingerprint density at radius 2 is 2.12 bits per heavy atom. The molecule has 1 saturated carbocycles. The van der Waals surface area contributed by atoms with Gasteiger partial charge >= 0.3 is 12.6 Å². The van der Waals surface area contributed by atoms with Crippen LogP contribution in [0.5, 0.6) is 5.75 Å². The summed E-state index contributed by atoms with van der Waals surface area (Å²) in [7, 11) is 0. The topological polar surface area (TPSA) is 46.5 Å². The van der Waals surface area contributed by atoms with Crippen molar-refractivity contribution < 1.29 is 23.4 Å². The number of hydrogen-bond acceptors (Lipinski definition) is 2. The zero-order valence-corrected chi connectivity index (χ0v) is 9.38. The highest BCUT2D eigenvalue weighted by Crippen LogP contribution is 2.52. The zero-order valence-electron chi connectivity index (χ0n) is 8.62. The van der Waals surface area contributed by atoms with Gasteiger partial charge in [0.05, 0.1) is 5.41 Å². The van der Waals surface area contributed by atoms with Crippen molar-refractivity contribution in [1.82, 2.24) is 0 Å². The number of aliphatic carboxylic acids is 1. The summed E-state index contributed by atoms with van der Waals surface area (Å²) in [5.41, 5.74) is -0.896. The van der Waals surface area contributed by atoms with E-state index in [1.807, 2.05) is 0 Å². The van der Waals surface area contributed by atoms with Crippen LogP contribution in [0.25, 0.3) is 0 Å². The van der Waals surface area contributed by atoms with Crippen LogP contribution < -0.4 is 4.74 Å². The second kappa shape index (κ2) is 4.14. The molecule has 0 aromatic heterocycles. The molecule has 92 valence electrons. The van der Waals surface area contributed by atoms with E-state index >= 15 is 0 Å². The van der Waals surface area contributed by atoms with Crippen molar-refractivity contribution >= 4 is 17.6 Å². The maximum absolute atomic E-state index is 12.2. The average Bonchev–Trinajstić information content (AvgIpc) is 3.01. The van der Waals surface area contributed by atoms with Gasteiger partial charge in [-0.15, -0.1) is 0 Å². The quantitative estimate of drug-likeness (QED) is 0.907. The third-order valence-electron chi connectivity index (χ3n) is 2.83. The van der Waals surface area contributed by atoms with Crippen LogP contribution in [0.15, 0.2) is 18.2 Å². The van der Waals surface area contributed by atoms with Crippen molar-refractivity contribution in [2.75, 3.05) is 0 Å². The maximum atomic E-state index is 12.2. The molecule has 0 saturated heterocycles. The van der Waals surface area contributed by atoms with Gasteiger partial charge in [-0.05, 0) is 31.0 Å². The van der Waals surface area contributed by atoms with E-state index in [9.17, 15) is 13.6 Å². The minimum absolute atomic E-state index is 0.121. The molecule has 1 aromatic rings. The Kier molecular flexibility index (Phi) is 2.95. The molecule has 3 nitrogen and oxygen atoms in total. The van der Waals surface area contributed by atoms with Crippen molar-refractivity contribution in [2.24, 2.45) is 0 Å². The number of hydrogen-bond donors (Lipinski definition) is 1. The second-order valence-electron chi connectivity index (χ2n) is 3.91. The van der Waals surface area contributed by atoms with E-state index in [1.54, 1.807) is 0 Å². The average molecular weight is 263 g/mol. The van der Waals surface area contributed by atoms with Crippen molar-refractivity contribution in [3.05, 3.63) is 28.8 Å². The van der Waals surface area contributed by atoms with Crippen LogP contribution in [0.2, 0.25) is 5.02 Å². The molecule has 0 atom stereocenters. The molecule has 17 heavy (non-hydrogen) atoms. The summed E-state index contributed by atoms with van der Waals surface area (Å²) >= 11 is 5.76. The van der Waals surface area contributed by atoms with E-state index in [0.29, 0.717) is 17.9 Å². The molecule has 0 aliphatic heterocycles. The van der Waals surface area contributed by atoms with Crippen molar-refractivity contribution in [2.45, 2.75) is 24.9 Å². The first kappa shape index (κ1) is 12.1. The van der Waals surface area contributed by atoms with Gasteiger partial charge in [0.2, 0.25) is 0 Å². The maximum Gasteiger partial charge on any atom is 0.387 e. The lowest BCUT2D eigenvalue weighted by molar-refractivity contribution is -0.140. The summed E-state index contributed by atoms with van der Waals surface area (Å²) in [6.07, 6.45) is 0.810. The van der Waals surface area contributed by atoms with Crippen LogP contribution in [0.4, 0.5) is 8.78 Å². The Balaban J connectivity index is 2.44. The fourth-order valence-electron chi connectivity index (χ4n) is 1.80. The number of benzene rings is 1. The molecule has 1 fully saturated rings. The molecule has 0 spiro atoms. The van der Waals surface area contributed by atoms with Crippen molar-refractivity contribution in [3.8, 4) is 5.75 Å². The van der Waals surface area contributed by atoms with Crippen LogP contribution in [0.3, 0.4) is 0 Å². The molecule has 1 aliphatic carbocycles. The lowest BCUT2D eigenvalue weighted by atomic mass is 9.95. The van der Waals surface area contributed by atoms with E-state index in [0.717, 1.165) is 0 Å². The normalized spacial score (nSPS) is 16.9. The highest BCUT2D eigenvalue weighted by atomic mass is 35.5. The highest BCUT2D eigenvalue weighted by molar-refractivity contribution is 6.30. The lowest BCUT2D eigenvalue weighted by Crippen LogP contribution is -2.21. The molecule has 2 rings (SSSR count). The van der Waals surface area contributed by atoms with Crippen molar-refractivity contribution in [3.63, 3.8) is 0 Å². The van der Waals surface area contributed by atoms with Crippen LogP contribution >= 0.6 is 11.6 Å². The number of rotatable bonds is 4. The number of halogens is 3. The molecule has 1 N–H and O–H groups in total. The Labute approximate surface area is 101 Å². The zero-order chi connectivity index (χ0) is 12.6. The van der Waals surface area contributed by atoms with Gasteiger partial charge in [-0.25, -0.2) is 0 Å². The van der Waals surface area contributed by atoms with Crippen LogP contribution in [0, 0.1) is 0 Å². The smallest absolute Gasteiger partial charge is 0.387 e. The predicted molar refractivity (Wildman–Crippen MR) is 56.6 cm³/mol. The predicted octanol–water partition coefficient (Wildman–Crippen LogP) is 3.06. The monoisotopic (exact) mass is 262 g/mol. The fourth-order valence-corrected chi connectivity index (χ4v) is 1.97. The van der Waals surface area contributed by atoms with E-state index in [4.69, 9.17) is 16.7 Å². The summed E-state index contributed by atoms with van der Waals surface area (Å²) in [5, 5.41) is 9.42. The minimum Gasteiger partial charge on any atom is -0.481 e. The van der Waals surface area contributed by atoms with E-state index in [-0.39, 0.29) is 11.3 Å². The SMILES string of the molecule is O=C(O)C1(c2cc(Cl)ccc2OC(F)F)CC1. The summed E-state index contributed by atoms with van der Waals surface area (Å²) in [6, 6.07) is 4.04. The molecular formula is C11H9ClF2O3. The molecule has 0 bridgehead atoms. The third-order valence-corrected chi connectivity index (χ3v) is 3.07. The Hall–Kier alpha value is -1.36. The second-order valence-corrected chi connectivity index (χ2v) is 4.34. The van der Waals surface area contributed by atoms with Gasteiger partial charge in [-0.1, -0.05) is 11.6 Å². The molecule has 1 aromatic carbocycles. The third kappa shape index (κ3) is 2.20. The number of alkyl halides is 2. The first-order chi connectivity index (χ1) is 7.95. The highest BCUT2D eigenvalue weighted by Gasteiger charge is 2.53. The Morgan fingerprint density at radius 1 is 1.47 bits per heavy atom. The molecule has 6 heteroatoms. The van der Waals surface area contributed by atoms with Gasteiger partial charge < -0.3 is 9.84 Å². The standard InChI is InChI=1S/C11H9ClF2O3/c12-6-1-2-8(17-10(13)14)7(5-6)11(3-4-11)9(15)16/h1-2,5,10H,3-4H2,(H,15,16). The van der Waals surface area contributed by atoms with Gasteiger partial charge in [0, 0.05) is 10.6 Å². The van der Waals surface area contributed by atoms with Gasteiger partial charge in [0.15, 0.2) is 0 Å². The molecule has 1 aliphatic rings. The van der Waals surface area contributed by atoms with Gasteiger partial charge in [-0.2, -0.15) is 8.78 Å². The number of carbonyl (C=O) groups is 1. The van der Waals surface area contributed by atoms with Gasteiger partial charge in [-0.3, -0.25) is 4.79 Å². The fraction of sp³-hybridized carbons (Fsp3) is 0.364. The lowest BCUT2D eigenvalue weighted by Gasteiger charge is -2.16. The largest absolute Gasteiger partial charge is 0.481 e. The minimum atomic E-state index is -2.99. The number of carboxylic acids is 1. The van der Waals surface area contributed by atoms with E-state index in [2.05, 4.69) is 4.74 Å². The van der Waals surface area contributed by atoms with Crippen LogP contribution in [-0.2, 0) is 10.2 Å². The van der Waals surface area contributed by atoms with E-state index in [1.165, 1.54) is 18.2 Å². The number of ether oxygens (including phenoxy) is 1. The summed E-state index contributed by atoms with van der Waals surface area (Å²) < 4.78 is 28.7. The molecule has 0 unspecified atom stereocenters. The molecule has 0 radical (unpaired) electrons.